The Morgan fingerprint density at radius 1 is 1.50 bits per heavy atom. The Kier molecular flexibility index (Phi) is 2.29. The minimum Gasteiger partial charge on any atom is -0.378 e. The lowest BCUT2D eigenvalue weighted by Crippen LogP contribution is -2.26. The number of hydrogen-bond acceptors (Lipinski definition) is 3. The van der Waals surface area contributed by atoms with Crippen molar-refractivity contribution in [2.45, 2.75) is 25.5 Å². The third kappa shape index (κ3) is 1.55. The van der Waals surface area contributed by atoms with Crippen molar-refractivity contribution in [3.63, 3.8) is 0 Å². The zero-order valence-electron chi connectivity index (χ0n) is 9.23. The number of rotatable bonds is 2. The second kappa shape index (κ2) is 3.79. The monoisotopic (exact) mass is 217 g/mol. The van der Waals surface area contributed by atoms with E-state index in [1.165, 1.54) is 0 Å². The molecule has 2 aromatic rings. The van der Waals surface area contributed by atoms with Crippen molar-refractivity contribution >= 4 is 16.6 Å². The molecule has 1 saturated heterocycles. The number of aromatic amines is 1. The summed E-state index contributed by atoms with van der Waals surface area (Å²) in [6.07, 6.45) is 3.18. The third-order valence-electron chi connectivity index (χ3n) is 3.19. The summed E-state index contributed by atoms with van der Waals surface area (Å²) in [6, 6.07) is 6.57. The molecule has 3 rings (SSSR count). The standard InChI is InChI=1S/C12H15N3O/c1-8-10(5-6-16-8)14-11-4-2-3-9-7-13-15-12(9)11/h2-4,7-8,10,14H,5-6H2,1H3,(H,13,15). The lowest BCUT2D eigenvalue weighted by atomic mass is 10.1. The maximum Gasteiger partial charge on any atom is 0.0881 e. The van der Waals surface area contributed by atoms with Crippen LogP contribution < -0.4 is 5.32 Å². The van der Waals surface area contributed by atoms with Gasteiger partial charge in [0.25, 0.3) is 0 Å². The van der Waals surface area contributed by atoms with E-state index < -0.39 is 0 Å². The number of nitrogens with zero attached hydrogens (tertiary/aromatic N) is 1. The summed E-state index contributed by atoms with van der Waals surface area (Å²) in [6.45, 7) is 2.95. The van der Waals surface area contributed by atoms with E-state index in [0.717, 1.165) is 29.6 Å². The summed E-state index contributed by atoms with van der Waals surface area (Å²) in [5.74, 6) is 0. The molecule has 1 aromatic heterocycles. The molecule has 0 spiro atoms. The van der Waals surface area contributed by atoms with Gasteiger partial charge in [-0.3, -0.25) is 5.10 Å². The first-order chi connectivity index (χ1) is 7.84. The predicted octanol–water partition coefficient (Wildman–Crippen LogP) is 2.15. The first-order valence-corrected chi connectivity index (χ1v) is 5.65. The number of nitrogens with one attached hydrogen (secondary N) is 2. The van der Waals surface area contributed by atoms with E-state index in [1.54, 1.807) is 0 Å². The van der Waals surface area contributed by atoms with Gasteiger partial charge in [0.1, 0.15) is 0 Å². The minimum atomic E-state index is 0.276. The van der Waals surface area contributed by atoms with E-state index in [1.807, 2.05) is 12.3 Å². The topological polar surface area (TPSA) is 49.9 Å². The Labute approximate surface area is 94.0 Å². The van der Waals surface area contributed by atoms with Crippen LogP contribution in [0.15, 0.2) is 24.4 Å². The highest BCUT2D eigenvalue weighted by molar-refractivity contribution is 5.90. The number of H-pyrrole nitrogens is 1. The largest absolute Gasteiger partial charge is 0.378 e. The molecular formula is C12H15N3O. The highest BCUT2D eigenvalue weighted by Gasteiger charge is 2.24. The van der Waals surface area contributed by atoms with Crippen LogP contribution in [-0.4, -0.2) is 29.0 Å². The van der Waals surface area contributed by atoms with Crippen LogP contribution in [0.25, 0.3) is 10.9 Å². The molecule has 4 nitrogen and oxygen atoms in total. The average molecular weight is 217 g/mol. The van der Waals surface area contributed by atoms with Crippen molar-refractivity contribution in [1.82, 2.24) is 10.2 Å². The van der Waals surface area contributed by atoms with Gasteiger partial charge in [-0.2, -0.15) is 5.10 Å². The average Bonchev–Trinajstić information content (AvgIpc) is 2.89. The minimum absolute atomic E-state index is 0.276. The molecule has 2 N–H and O–H groups in total. The number of aromatic nitrogens is 2. The fourth-order valence-electron chi connectivity index (χ4n) is 2.21. The zero-order chi connectivity index (χ0) is 11.0. The third-order valence-corrected chi connectivity index (χ3v) is 3.19. The maximum atomic E-state index is 5.54. The molecule has 2 heterocycles. The zero-order valence-corrected chi connectivity index (χ0v) is 9.23. The number of fused-ring (bicyclic) bond motifs is 1. The van der Waals surface area contributed by atoms with E-state index in [-0.39, 0.29) is 6.10 Å². The van der Waals surface area contributed by atoms with E-state index in [2.05, 4.69) is 34.6 Å². The smallest absolute Gasteiger partial charge is 0.0881 e. The van der Waals surface area contributed by atoms with E-state index in [9.17, 15) is 0 Å². The second-order valence-electron chi connectivity index (χ2n) is 4.26. The van der Waals surface area contributed by atoms with E-state index in [0.29, 0.717) is 6.04 Å². The predicted molar refractivity (Wildman–Crippen MR) is 63.5 cm³/mol. The summed E-state index contributed by atoms with van der Waals surface area (Å²) in [5.41, 5.74) is 2.18. The number of benzene rings is 1. The van der Waals surface area contributed by atoms with Crippen molar-refractivity contribution in [2.75, 3.05) is 11.9 Å². The molecule has 1 aromatic carbocycles. The van der Waals surface area contributed by atoms with Crippen LogP contribution in [0, 0.1) is 0 Å². The van der Waals surface area contributed by atoms with Crippen molar-refractivity contribution in [1.29, 1.82) is 0 Å². The first-order valence-electron chi connectivity index (χ1n) is 5.65. The molecule has 0 aliphatic carbocycles. The molecular weight excluding hydrogens is 202 g/mol. The van der Waals surface area contributed by atoms with Crippen LogP contribution in [-0.2, 0) is 4.74 Å². The second-order valence-corrected chi connectivity index (χ2v) is 4.26. The molecule has 1 fully saturated rings. The molecule has 1 aliphatic rings. The Bertz CT molecular complexity index is 494. The molecule has 16 heavy (non-hydrogen) atoms. The quantitative estimate of drug-likeness (QED) is 0.810. The number of para-hydroxylation sites is 1. The lowest BCUT2D eigenvalue weighted by Gasteiger charge is -2.17. The Morgan fingerprint density at radius 3 is 3.25 bits per heavy atom. The SMILES string of the molecule is CC1OCCC1Nc1cccc2cn[nH]c12. The van der Waals surface area contributed by atoms with Crippen molar-refractivity contribution in [2.24, 2.45) is 0 Å². The molecule has 2 atom stereocenters. The lowest BCUT2D eigenvalue weighted by molar-refractivity contribution is 0.121. The van der Waals surface area contributed by atoms with Gasteiger partial charge in [0, 0.05) is 12.0 Å². The molecule has 4 heteroatoms. The van der Waals surface area contributed by atoms with Gasteiger partial charge in [-0.15, -0.1) is 0 Å². The Hall–Kier alpha value is -1.55. The Balaban J connectivity index is 1.91. The van der Waals surface area contributed by atoms with Gasteiger partial charge in [0.05, 0.1) is 29.5 Å². The molecule has 0 bridgehead atoms. The van der Waals surface area contributed by atoms with Gasteiger partial charge >= 0.3 is 0 Å². The number of anilines is 1. The maximum absolute atomic E-state index is 5.54. The van der Waals surface area contributed by atoms with Gasteiger partial charge in [-0.25, -0.2) is 0 Å². The summed E-state index contributed by atoms with van der Waals surface area (Å²) in [7, 11) is 0. The van der Waals surface area contributed by atoms with Gasteiger partial charge < -0.3 is 10.1 Å². The number of ether oxygens (including phenoxy) is 1. The van der Waals surface area contributed by atoms with E-state index in [4.69, 9.17) is 4.74 Å². The molecule has 0 radical (unpaired) electrons. The summed E-state index contributed by atoms with van der Waals surface area (Å²) in [5, 5.41) is 11.7. The first kappa shape index (κ1) is 9.66. The van der Waals surface area contributed by atoms with Gasteiger partial charge in [0.2, 0.25) is 0 Å². The molecule has 2 unspecified atom stereocenters. The highest BCUT2D eigenvalue weighted by atomic mass is 16.5. The van der Waals surface area contributed by atoms with Crippen LogP contribution in [0.3, 0.4) is 0 Å². The van der Waals surface area contributed by atoms with E-state index >= 15 is 0 Å². The van der Waals surface area contributed by atoms with Crippen molar-refractivity contribution < 1.29 is 4.74 Å². The van der Waals surface area contributed by atoms with Gasteiger partial charge in [-0.05, 0) is 19.4 Å². The highest BCUT2D eigenvalue weighted by Crippen LogP contribution is 2.24. The normalized spacial score (nSPS) is 25.1. The molecule has 0 saturated carbocycles. The molecule has 0 amide bonds. The van der Waals surface area contributed by atoms with Gasteiger partial charge in [0.15, 0.2) is 0 Å². The van der Waals surface area contributed by atoms with Crippen LogP contribution in [0.4, 0.5) is 5.69 Å². The number of hydrogen-bond donors (Lipinski definition) is 2. The van der Waals surface area contributed by atoms with Crippen LogP contribution in [0.1, 0.15) is 13.3 Å². The Morgan fingerprint density at radius 2 is 2.44 bits per heavy atom. The molecule has 1 aliphatic heterocycles. The fraction of sp³-hybridized carbons (Fsp3) is 0.417. The molecule has 84 valence electrons. The van der Waals surface area contributed by atoms with Crippen molar-refractivity contribution in [3.8, 4) is 0 Å². The van der Waals surface area contributed by atoms with Crippen LogP contribution >= 0.6 is 0 Å². The van der Waals surface area contributed by atoms with Crippen LogP contribution in [0.5, 0.6) is 0 Å². The summed E-state index contributed by atoms with van der Waals surface area (Å²) in [4.78, 5) is 0. The van der Waals surface area contributed by atoms with Crippen LogP contribution in [0.2, 0.25) is 0 Å². The fourth-order valence-corrected chi connectivity index (χ4v) is 2.21. The summed E-state index contributed by atoms with van der Waals surface area (Å²) >= 11 is 0. The van der Waals surface area contributed by atoms with Gasteiger partial charge in [-0.1, -0.05) is 12.1 Å². The van der Waals surface area contributed by atoms with Crippen molar-refractivity contribution in [3.05, 3.63) is 24.4 Å². The summed E-state index contributed by atoms with van der Waals surface area (Å²) < 4.78 is 5.54.